The summed E-state index contributed by atoms with van der Waals surface area (Å²) in [5, 5.41) is 9.27. The van der Waals surface area contributed by atoms with Gasteiger partial charge < -0.3 is 5.11 Å². The number of rotatable bonds is 3. The third-order valence-electron chi connectivity index (χ3n) is 3.56. The van der Waals surface area contributed by atoms with Crippen molar-refractivity contribution in [3.63, 3.8) is 0 Å². The lowest BCUT2D eigenvalue weighted by molar-refractivity contribution is 0.183. The number of likely N-dealkylation sites (tertiary alicyclic amines) is 1. The predicted molar refractivity (Wildman–Crippen MR) is 73.3 cm³/mol. The maximum absolute atomic E-state index is 9.27. The van der Waals surface area contributed by atoms with Crippen LogP contribution < -0.4 is 0 Å². The van der Waals surface area contributed by atoms with E-state index in [1.165, 1.54) is 31.5 Å². The van der Waals surface area contributed by atoms with Crippen LogP contribution >= 0.6 is 12.4 Å². The highest BCUT2D eigenvalue weighted by atomic mass is 35.5. The summed E-state index contributed by atoms with van der Waals surface area (Å²) >= 11 is 0. The van der Waals surface area contributed by atoms with E-state index in [0.717, 1.165) is 18.0 Å². The second kappa shape index (κ2) is 7.00. The van der Waals surface area contributed by atoms with Gasteiger partial charge in [0.2, 0.25) is 0 Å². The third-order valence-corrected chi connectivity index (χ3v) is 3.56. The van der Waals surface area contributed by atoms with Gasteiger partial charge in [-0.2, -0.15) is 0 Å². The molecule has 2 rings (SSSR count). The third kappa shape index (κ3) is 3.98. The molecule has 96 valence electrons. The van der Waals surface area contributed by atoms with Crippen LogP contribution in [-0.2, 0) is 13.2 Å². The van der Waals surface area contributed by atoms with Crippen LogP contribution in [-0.4, -0.2) is 23.1 Å². The van der Waals surface area contributed by atoms with Crippen molar-refractivity contribution >= 4 is 12.4 Å². The molecule has 1 aliphatic heterocycles. The topological polar surface area (TPSA) is 23.5 Å². The molecule has 0 aromatic heterocycles. The van der Waals surface area contributed by atoms with E-state index in [-0.39, 0.29) is 19.0 Å². The van der Waals surface area contributed by atoms with Crippen LogP contribution in [0.4, 0.5) is 0 Å². The summed E-state index contributed by atoms with van der Waals surface area (Å²) in [6.45, 7) is 5.87. The van der Waals surface area contributed by atoms with E-state index in [4.69, 9.17) is 0 Å². The van der Waals surface area contributed by atoms with Gasteiger partial charge in [0.1, 0.15) is 0 Å². The minimum absolute atomic E-state index is 0. The van der Waals surface area contributed by atoms with Crippen molar-refractivity contribution in [2.45, 2.75) is 32.9 Å². The van der Waals surface area contributed by atoms with Gasteiger partial charge in [0.15, 0.2) is 0 Å². The molecule has 0 aliphatic carbocycles. The second-order valence-electron chi connectivity index (χ2n) is 4.89. The molecule has 0 amide bonds. The lowest BCUT2D eigenvalue weighted by Gasteiger charge is -2.30. The van der Waals surface area contributed by atoms with E-state index in [1.807, 2.05) is 12.1 Å². The molecule has 0 bridgehead atoms. The fraction of sp³-hybridized carbons (Fsp3) is 0.571. The average Bonchev–Trinajstić information content (AvgIpc) is 2.33. The fourth-order valence-corrected chi connectivity index (χ4v) is 2.33. The predicted octanol–water partition coefficient (Wildman–Crippen LogP) is 2.83. The molecule has 1 saturated heterocycles. The number of hydrogen-bond acceptors (Lipinski definition) is 2. The summed E-state index contributed by atoms with van der Waals surface area (Å²) in [7, 11) is 0. The minimum Gasteiger partial charge on any atom is -0.392 e. The fourth-order valence-electron chi connectivity index (χ4n) is 2.33. The molecule has 1 aromatic rings. The van der Waals surface area contributed by atoms with E-state index in [9.17, 15) is 5.11 Å². The second-order valence-corrected chi connectivity index (χ2v) is 4.89. The average molecular weight is 256 g/mol. The SMILES string of the molecule is CC1CCN(Cc2ccccc2CO)CC1.Cl. The zero-order valence-electron chi connectivity index (χ0n) is 10.4. The van der Waals surface area contributed by atoms with Gasteiger partial charge >= 0.3 is 0 Å². The Balaban J connectivity index is 0.00000144. The van der Waals surface area contributed by atoms with Gasteiger partial charge in [-0.25, -0.2) is 0 Å². The van der Waals surface area contributed by atoms with E-state index >= 15 is 0 Å². The number of benzene rings is 1. The van der Waals surface area contributed by atoms with Crippen molar-refractivity contribution in [3.05, 3.63) is 35.4 Å². The molecule has 3 heteroatoms. The zero-order valence-corrected chi connectivity index (χ0v) is 11.2. The molecule has 17 heavy (non-hydrogen) atoms. The monoisotopic (exact) mass is 255 g/mol. The van der Waals surface area contributed by atoms with Crippen molar-refractivity contribution < 1.29 is 5.11 Å². The highest BCUT2D eigenvalue weighted by molar-refractivity contribution is 5.85. The molecule has 1 N–H and O–H groups in total. The summed E-state index contributed by atoms with van der Waals surface area (Å²) in [5.41, 5.74) is 2.35. The van der Waals surface area contributed by atoms with Crippen LogP contribution in [0.15, 0.2) is 24.3 Å². The van der Waals surface area contributed by atoms with Gasteiger partial charge in [0, 0.05) is 6.54 Å². The summed E-state index contributed by atoms with van der Waals surface area (Å²) in [5.74, 6) is 0.879. The first-order valence-electron chi connectivity index (χ1n) is 6.19. The lowest BCUT2D eigenvalue weighted by atomic mass is 9.98. The van der Waals surface area contributed by atoms with Gasteiger partial charge in [-0.1, -0.05) is 31.2 Å². The molecule has 1 aliphatic rings. The summed E-state index contributed by atoms with van der Waals surface area (Å²) < 4.78 is 0. The van der Waals surface area contributed by atoms with E-state index < -0.39 is 0 Å². The van der Waals surface area contributed by atoms with Crippen molar-refractivity contribution in [3.8, 4) is 0 Å². The maximum atomic E-state index is 9.27. The summed E-state index contributed by atoms with van der Waals surface area (Å²) in [4.78, 5) is 2.49. The van der Waals surface area contributed by atoms with Gasteiger partial charge in [-0.05, 0) is 43.0 Å². The molecule has 0 saturated carbocycles. The number of nitrogens with zero attached hydrogens (tertiary/aromatic N) is 1. The van der Waals surface area contributed by atoms with Crippen molar-refractivity contribution in [2.75, 3.05) is 13.1 Å². The van der Waals surface area contributed by atoms with Gasteiger partial charge in [-0.3, -0.25) is 4.90 Å². The molecule has 0 spiro atoms. The van der Waals surface area contributed by atoms with Gasteiger partial charge in [-0.15, -0.1) is 12.4 Å². The Morgan fingerprint density at radius 1 is 1.18 bits per heavy atom. The number of halogens is 1. The van der Waals surface area contributed by atoms with E-state index in [0.29, 0.717) is 0 Å². The van der Waals surface area contributed by atoms with Crippen LogP contribution in [0.1, 0.15) is 30.9 Å². The van der Waals surface area contributed by atoms with Crippen molar-refractivity contribution in [1.29, 1.82) is 0 Å². The quantitative estimate of drug-likeness (QED) is 0.898. The van der Waals surface area contributed by atoms with Gasteiger partial charge in [0.25, 0.3) is 0 Å². The molecular formula is C14H22ClNO. The van der Waals surface area contributed by atoms with Crippen LogP contribution in [0.25, 0.3) is 0 Å². The standard InChI is InChI=1S/C14H21NO.ClH/c1-12-6-8-15(9-7-12)10-13-4-2-3-5-14(13)11-16;/h2-5,12,16H,6-11H2,1H3;1H. The first-order chi connectivity index (χ1) is 7.79. The Kier molecular flexibility index (Phi) is 5.96. The Bertz CT molecular complexity index is 335. The Labute approximate surface area is 110 Å². The van der Waals surface area contributed by atoms with Crippen LogP contribution in [0.3, 0.4) is 0 Å². The molecule has 0 atom stereocenters. The molecule has 0 unspecified atom stereocenters. The molecule has 2 nitrogen and oxygen atoms in total. The Morgan fingerprint density at radius 2 is 1.76 bits per heavy atom. The Hall–Kier alpha value is -0.570. The lowest BCUT2D eigenvalue weighted by Crippen LogP contribution is -2.32. The molecular weight excluding hydrogens is 234 g/mol. The summed E-state index contributed by atoms with van der Waals surface area (Å²) in [6, 6.07) is 8.19. The molecule has 1 heterocycles. The van der Waals surface area contributed by atoms with Crippen LogP contribution in [0, 0.1) is 5.92 Å². The van der Waals surface area contributed by atoms with Crippen molar-refractivity contribution in [1.82, 2.24) is 4.90 Å². The number of hydrogen-bond donors (Lipinski definition) is 1. The maximum Gasteiger partial charge on any atom is 0.0685 e. The smallest absolute Gasteiger partial charge is 0.0685 e. The zero-order chi connectivity index (χ0) is 11.4. The molecule has 1 aromatic carbocycles. The Morgan fingerprint density at radius 3 is 2.35 bits per heavy atom. The molecule has 0 radical (unpaired) electrons. The largest absolute Gasteiger partial charge is 0.392 e. The van der Waals surface area contributed by atoms with E-state index in [1.54, 1.807) is 0 Å². The first-order valence-corrected chi connectivity index (χ1v) is 6.19. The number of aliphatic hydroxyl groups is 1. The normalized spacial score (nSPS) is 17.8. The first kappa shape index (κ1) is 14.5. The minimum atomic E-state index is 0. The number of piperidine rings is 1. The van der Waals surface area contributed by atoms with E-state index in [2.05, 4.69) is 24.0 Å². The molecule has 1 fully saturated rings. The van der Waals surface area contributed by atoms with Crippen LogP contribution in [0.2, 0.25) is 0 Å². The highest BCUT2D eigenvalue weighted by Gasteiger charge is 2.16. The highest BCUT2D eigenvalue weighted by Crippen LogP contribution is 2.19. The van der Waals surface area contributed by atoms with Gasteiger partial charge in [0.05, 0.1) is 6.61 Å². The number of aliphatic hydroxyl groups excluding tert-OH is 1. The van der Waals surface area contributed by atoms with Crippen molar-refractivity contribution in [2.24, 2.45) is 5.92 Å². The summed E-state index contributed by atoms with van der Waals surface area (Å²) in [6.07, 6.45) is 2.61. The van der Waals surface area contributed by atoms with Crippen LogP contribution in [0.5, 0.6) is 0 Å².